The Labute approximate surface area is 187 Å². The standard InChI is InChI=1S/C24H19N3O2S2/c1-29-18-11-9-16(10-12-18)14-27-23(28)21-20(19-8-5-13-25-22(19)31-21)26-24(27)30-15-17-6-3-2-4-7-17/h2-13H,14-15H2,1H3. The zero-order chi connectivity index (χ0) is 21.2. The van der Waals surface area contributed by atoms with E-state index < -0.39 is 0 Å². The molecule has 0 radical (unpaired) electrons. The van der Waals surface area contributed by atoms with Gasteiger partial charge >= 0.3 is 0 Å². The summed E-state index contributed by atoms with van der Waals surface area (Å²) in [4.78, 5) is 23.7. The highest BCUT2D eigenvalue weighted by Crippen LogP contribution is 2.31. The Morgan fingerprint density at radius 1 is 1.00 bits per heavy atom. The lowest BCUT2D eigenvalue weighted by Crippen LogP contribution is -2.23. The van der Waals surface area contributed by atoms with Crippen LogP contribution in [0, 0.1) is 0 Å². The molecule has 5 aromatic rings. The second-order valence-corrected chi connectivity index (χ2v) is 8.99. The lowest BCUT2D eigenvalue weighted by atomic mass is 10.2. The quantitative estimate of drug-likeness (QED) is 0.260. The predicted octanol–water partition coefficient (Wildman–Crippen LogP) is 5.36. The van der Waals surface area contributed by atoms with Gasteiger partial charge in [0.15, 0.2) is 5.16 Å². The first kappa shape index (κ1) is 19.8. The number of thiophene rings is 1. The predicted molar refractivity (Wildman–Crippen MR) is 127 cm³/mol. The Morgan fingerprint density at radius 2 is 1.81 bits per heavy atom. The van der Waals surface area contributed by atoms with E-state index in [-0.39, 0.29) is 5.56 Å². The zero-order valence-electron chi connectivity index (χ0n) is 16.8. The van der Waals surface area contributed by atoms with Gasteiger partial charge in [-0.05, 0) is 35.4 Å². The molecule has 31 heavy (non-hydrogen) atoms. The third-order valence-corrected chi connectivity index (χ3v) is 7.17. The first-order valence-corrected chi connectivity index (χ1v) is 11.6. The molecule has 7 heteroatoms. The molecule has 0 bridgehead atoms. The number of thioether (sulfide) groups is 1. The molecule has 5 nitrogen and oxygen atoms in total. The highest BCUT2D eigenvalue weighted by atomic mass is 32.2. The topological polar surface area (TPSA) is 57.0 Å². The van der Waals surface area contributed by atoms with E-state index in [1.807, 2.05) is 54.6 Å². The summed E-state index contributed by atoms with van der Waals surface area (Å²) < 4.78 is 7.67. The van der Waals surface area contributed by atoms with Gasteiger partial charge in [0.2, 0.25) is 0 Å². The van der Waals surface area contributed by atoms with E-state index >= 15 is 0 Å². The SMILES string of the molecule is COc1ccc(Cn2c(SCc3ccccc3)nc3c(sc4ncccc43)c2=O)cc1. The molecule has 0 N–H and O–H groups in total. The van der Waals surface area contributed by atoms with Gasteiger partial charge in [0, 0.05) is 17.3 Å². The Hall–Kier alpha value is -3.16. The first-order valence-electron chi connectivity index (χ1n) is 9.80. The highest BCUT2D eigenvalue weighted by molar-refractivity contribution is 7.98. The summed E-state index contributed by atoms with van der Waals surface area (Å²) in [5.74, 6) is 1.53. The van der Waals surface area contributed by atoms with Crippen molar-refractivity contribution in [2.45, 2.75) is 17.5 Å². The number of ether oxygens (including phenoxy) is 1. The molecule has 0 aliphatic carbocycles. The summed E-state index contributed by atoms with van der Waals surface area (Å²) in [6.45, 7) is 0.449. The molecular formula is C24H19N3O2S2. The normalized spacial score (nSPS) is 11.3. The maximum Gasteiger partial charge on any atom is 0.272 e. The van der Waals surface area contributed by atoms with Crippen LogP contribution >= 0.6 is 23.1 Å². The Morgan fingerprint density at radius 3 is 2.58 bits per heavy atom. The maximum absolute atomic E-state index is 13.5. The van der Waals surface area contributed by atoms with Crippen molar-refractivity contribution in [3.63, 3.8) is 0 Å². The van der Waals surface area contributed by atoms with Gasteiger partial charge in [-0.25, -0.2) is 9.97 Å². The molecule has 0 spiro atoms. The molecule has 0 aliphatic rings. The van der Waals surface area contributed by atoms with Crippen LogP contribution in [0.1, 0.15) is 11.1 Å². The number of methoxy groups -OCH3 is 1. The second kappa shape index (κ2) is 8.53. The Balaban J connectivity index is 1.61. The van der Waals surface area contributed by atoms with Crippen molar-refractivity contribution in [3.05, 3.63) is 94.4 Å². The molecule has 0 fully saturated rings. The van der Waals surface area contributed by atoms with Crippen molar-refractivity contribution in [1.82, 2.24) is 14.5 Å². The van der Waals surface area contributed by atoms with Gasteiger partial charge in [0.25, 0.3) is 5.56 Å². The van der Waals surface area contributed by atoms with E-state index in [1.165, 1.54) is 16.9 Å². The van der Waals surface area contributed by atoms with Gasteiger partial charge in [-0.15, -0.1) is 11.3 Å². The van der Waals surface area contributed by atoms with Crippen molar-refractivity contribution in [3.8, 4) is 5.75 Å². The molecule has 0 aliphatic heterocycles. The molecule has 5 rings (SSSR count). The minimum Gasteiger partial charge on any atom is -0.497 e. The van der Waals surface area contributed by atoms with Crippen LogP contribution in [0.25, 0.3) is 20.4 Å². The number of hydrogen-bond donors (Lipinski definition) is 0. The summed E-state index contributed by atoms with van der Waals surface area (Å²) in [5.41, 5.74) is 2.92. The van der Waals surface area contributed by atoms with E-state index in [4.69, 9.17) is 9.72 Å². The highest BCUT2D eigenvalue weighted by Gasteiger charge is 2.17. The van der Waals surface area contributed by atoms with Gasteiger partial charge < -0.3 is 4.74 Å². The fraction of sp³-hybridized carbons (Fsp3) is 0.125. The van der Waals surface area contributed by atoms with Crippen LogP contribution in [0.15, 0.2) is 82.9 Å². The molecule has 3 heterocycles. The van der Waals surface area contributed by atoms with Crippen LogP contribution < -0.4 is 10.3 Å². The lowest BCUT2D eigenvalue weighted by Gasteiger charge is -2.12. The largest absolute Gasteiger partial charge is 0.497 e. The van der Waals surface area contributed by atoms with Gasteiger partial charge in [-0.1, -0.05) is 54.2 Å². The average Bonchev–Trinajstić information content (AvgIpc) is 3.20. The summed E-state index contributed by atoms with van der Waals surface area (Å²) in [6, 6.07) is 21.9. The van der Waals surface area contributed by atoms with E-state index in [9.17, 15) is 4.79 Å². The van der Waals surface area contributed by atoms with Crippen LogP contribution in [0.4, 0.5) is 0 Å². The van der Waals surface area contributed by atoms with Crippen LogP contribution in [0.2, 0.25) is 0 Å². The van der Waals surface area contributed by atoms with Crippen molar-refractivity contribution in [1.29, 1.82) is 0 Å². The van der Waals surface area contributed by atoms with Gasteiger partial charge in [0.1, 0.15) is 15.3 Å². The third-order valence-electron chi connectivity index (χ3n) is 5.03. The minimum absolute atomic E-state index is 0.0284. The molecule has 0 saturated heterocycles. The lowest BCUT2D eigenvalue weighted by molar-refractivity contribution is 0.414. The molecule has 0 amide bonds. The van der Waals surface area contributed by atoms with Crippen molar-refractivity contribution < 1.29 is 4.74 Å². The summed E-state index contributed by atoms with van der Waals surface area (Å²) in [6.07, 6.45) is 1.75. The third kappa shape index (κ3) is 3.94. The molecule has 0 unspecified atom stereocenters. The Kier molecular flexibility index (Phi) is 5.44. The number of aromatic nitrogens is 3. The molecule has 154 valence electrons. The van der Waals surface area contributed by atoms with Crippen LogP contribution in [0.3, 0.4) is 0 Å². The number of hydrogen-bond acceptors (Lipinski definition) is 6. The first-order chi connectivity index (χ1) is 15.2. The molecule has 0 atom stereocenters. The van der Waals surface area contributed by atoms with E-state index in [2.05, 4.69) is 17.1 Å². The molecule has 0 saturated carbocycles. The summed E-state index contributed by atoms with van der Waals surface area (Å²) >= 11 is 2.99. The number of rotatable bonds is 6. The van der Waals surface area contributed by atoms with Gasteiger partial charge in [0.05, 0.1) is 19.2 Å². The monoisotopic (exact) mass is 445 g/mol. The van der Waals surface area contributed by atoms with Crippen LogP contribution in [-0.4, -0.2) is 21.6 Å². The summed E-state index contributed by atoms with van der Waals surface area (Å²) in [5, 5.41) is 1.64. The molecule has 3 aromatic heterocycles. The van der Waals surface area contributed by atoms with Crippen molar-refractivity contribution >= 4 is 43.5 Å². The van der Waals surface area contributed by atoms with Gasteiger partial charge in [-0.2, -0.15) is 0 Å². The maximum atomic E-state index is 13.5. The number of fused-ring (bicyclic) bond motifs is 3. The smallest absolute Gasteiger partial charge is 0.272 e. The van der Waals surface area contributed by atoms with E-state index in [0.717, 1.165) is 32.8 Å². The Bertz CT molecular complexity index is 1410. The minimum atomic E-state index is -0.0284. The van der Waals surface area contributed by atoms with Crippen molar-refractivity contribution in [2.24, 2.45) is 0 Å². The van der Waals surface area contributed by atoms with E-state index in [0.29, 0.717) is 16.4 Å². The van der Waals surface area contributed by atoms with Crippen molar-refractivity contribution in [2.75, 3.05) is 7.11 Å². The number of nitrogens with zero attached hydrogens (tertiary/aromatic N) is 3. The number of pyridine rings is 1. The van der Waals surface area contributed by atoms with Gasteiger partial charge in [-0.3, -0.25) is 9.36 Å². The average molecular weight is 446 g/mol. The zero-order valence-corrected chi connectivity index (χ0v) is 18.5. The van der Waals surface area contributed by atoms with Crippen LogP contribution in [0.5, 0.6) is 5.75 Å². The second-order valence-electron chi connectivity index (χ2n) is 7.04. The number of benzene rings is 2. The van der Waals surface area contributed by atoms with E-state index in [1.54, 1.807) is 29.6 Å². The fourth-order valence-electron chi connectivity index (χ4n) is 3.43. The molecule has 2 aromatic carbocycles. The molecular weight excluding hydrogens is 426 g/mol. The summed E-state index contributed by atoms with van der Waals surface area (Å²) in [7, 11) is 1.64. The fourth-order valence-corrected chi connectivity index (χ4v) is 5.41. The van der Waals surface area contributed by atoms with Crippen LogP contribution in [-0.2, 0) is 12.3 Å².